The number of nitrogens with one attached hydrogen (secondary N) is 1. The minimum Gasteiger partial charge on any atom is -0.340 e. The molecule has 5 nitrogen and oxygen atoms in total. The van der Waals surface area contributed by atoms with E-state index in [1.54, 1.807) is 24.1 Å². The van der Waals surface area contributed by atoms with Crippen LogP contribution in [0.25, 0.3) is 0 Å². The zero-order valence-electron chi connectivity index (χ0n) is 16.7. The molecule has 27 heavy (non-hydrogen) atoms. The average molecular weight is 367 g/mol. The number of hydrogen-bond donors (Lipinski definition) is 1. The maximum absolute atomic E-state index is 12.8. The summed E-state index contributed by atoms with van der Waals surface area (Å²) >= 11 is 0. The monoisotopic (exact) mass is 367 g/mol. The van der Waals surface area contributed by atoms with Crippen LogP contribution in [0.4, 0.5) is 5.69 Å². The third-order valence-corrected chi connectivity index (χ3v) is 4.67. The third-order valence-electron chi connectivity index (χ3n) is 4.67. The number of amides is 2. The van der Waals surface area contributed by atoms with E-state index >= 15 is 0 Å². The van der Waals surface area contributed by atoms with Crippen molar-refractivity contribution in [3.63, 3.8) is 0 Å². The maximum atomic E-state index is 12.8. The Labute approximate surface area is 161 Å². The molecule has 1 heterocycles. The van der Waals surface area contributed by atoms with E-state index in [-0.39, 0.29) is 11.8 Å². The van der Waals surface area contributed by atoms with Crippen molar-refractivity contribution in [2.24, 2.45) is 0 Å². The van der Waals surface area contributed by atoms with Gasteiger partial charge in [-0.3, -0.25) is 14.6 Å². The first-order valence-corrected chi connectivity index (χ1v) is 9.65. The summed E-state index contributed by atoms with van der Waals surface area (Å²) in [6.07, 6.45) is 5.15. The number of aromatic nitrogens is 1. The molecule has 0 atom stereocenters. The van der Waals surface area contributed by atoms with Crippen molar-refractivity contribution in [2.75, 3.05) is 18.9 Å². The third kappa shape index (κ3) is 5.16. The summed E-state index contributed by atoms with van der Waals surface area (Å²) in [7, 11) is 1.76. The van der Waals surface area contributed by atoms with Gasteiger partial charge in [-0.15, -0.1) is 0 Å². The standard InChI is InChI=1S/C22H29N3O2/c1-5-8-14-25(4)22(27)19-15-18(12-13-23-19)21(26)24-20-16(6-2)10-9-11-17(20)7-3/h9-13,15H,5-8,14H2,1-4H3,(H,24,26). The Kier molecular flexibility index (Phi) is 7.53. The van der Waals surface area contributed by atoms with Gasteiger partial charge in [-0.25, -0.2) is 0 Å². The number of para-hydroxylation sites is 1. The van der Waals surface area contributed by atoms with Crippen molar-refractivity contribution in [1.82, 2.24) is 9.88 Å². The molecule has 0 bridgehead atoms. The summed E-state index contributed by atoms with van der Waals surface area (Å²) in [4.78, 5) is 31.1. The van der Waals surface area contributed by atoms with Crippen LogP contribution < -0.4 is 5.32 Å². The average Bonchev–Trinajstić information content (AvgIpc) is 2.71. The molecule has 0 aliphatic carbocycles. The fourth-order valence-electron chi connectivity index (χ4n) is 2.97. The Morgan fingerprint density at radius 2 is 1.74 bits per heavy atom. The van der Waals surface area contributed by atoms with Gasteiger partial charge in [-0.05, 0) is 42.5 Å². The Balaban J connectivity index is 2.22. The minimum absolute atomic E-state index is 0.165. The molecular formula is C22H29N3O2. The van der Waals surface area contributed by atoms with Crippen molar-refractivity contribution in [3.8, 4) is 0 Å². The van der Waals surface area contributed by atoms with E-state index in [0.717, 1.165) is 42.5 Å². The smallest absolute Gasteiger partial charge is 0.272 e. The van der Waals surface area contributed by atoms with Crippen LogP contribution in [0.3, 0.4) is 0 Å². The SMILES string of the molecule is CCCCN(C)C(=O)c1cc(C(=O)Nc2c(CC)cccc2CC)ccn1. The van der Waals surface area contributed by atoms with Gasteiger partial charge in [0.1, 0.15) is 5.69 Å². The normalized spacial score (nSPS) is 10.5. The Bertz CT molecular complexity index is 780. The van der Waals surface area contributed by atoms with Gasteiger partial charge in [0.15, 0.2) is 0 Å². The molecule has 1 N–H and O–H groups in total. The molecule has 0 saturated heterocycles. The number of aryl methyl sites for hydroxylation is 2. The van der Waals surface area contributed by atoms with Crippen molar-refractivity contribution in [2.45, 2.75) is 46.5 Å². The molecule has 0 unspecified atom stereocenters. The highest BCUT2D eigenvalue weighted by Gasteiger charge is 2.17. The first kappa shape index (κ1) is 20.6. The lowest BCUT2D eigenvalue weighted by Gasteiger charge is -2.17. The topological polar surface area (TPSA) is 62.3 Å². The van der Waals surface area contributed by atoms with Gasteiger partial charge in [0.05, 0.1) is 0 Å². The van der Waals surface area contributed by atoms with Gasteiger partial charge < -0.3 is 10.2 Å². The van der Waals surface area contributed by atoms with Gasteiger partial charge in [0.25, 0.3) is 11.8 Å². The molecule has 2 amide bonds. The first-order valence-electron chi connectivity index (χ1n) is 9.65. The molecule has 0 saturated carbocycles. The van der Waals surface area contributed by atoms with E-state index in [2.05, 4.69) is 31.1 Å². The molecule has 1 aromatic heterocycles. The van der Waals surface area contributed by atoms with Crippen molar-refractivity contribution in [1.29, 1.82) is 0 Å². The molecular weight excluding hydrogens is 338 g/mol. The van der Waals surface area contributed by atoms with Crippen LogP contribution in [-0.2, 0) is 12.8 Å². The number of rotatable bonds is 8. The van der Waals surface area contributed by atoms with E-state index in [1.165, 1.54) is 6.20 Å². The molecule has 2 rings (SSSR count). The highest BCUT2D eigenvalue weighted by Crippen LogP contribution is 2.23. The Morgan fingerprint density at radius 1 is 1.07 bits per heavy atom. The number of hydrogen-bond acceptors (Lipinski definition) is 3. The van der Waals surface area contributed by atoms with E-state index in [0.29, 0.717) is 17.8 Å². The lowest BCUT2D eigenvalue weighted by molar-refractivity contribution is 0.0787. The molecule has 0 aliphatic rings. The molecule has 0 fully saturated rings. The maximum Gasteiger partial charge on any atom is 0.272 e. The molecule has 5 heteroatoms. The van der Waals surface area contributed by atoms with Crippen molar-refractivity contribution in [3.05, 3.63) is 58.9 Å². The second kappa shape index (κ2) is 9.86. The number of unbranched alkanes of at least 4 members (excludes halogenated alkanes) is 1. The summed E-state index contributed by atoms with van der Waals surface area (Å²) < 4.78 is 0. The quantitative estimate of drug-likeness (QED) is 0.755. The lowest BCUT2D eigenvalue weighted by atomic mass is 10.0. The van der Waals surface area contributed by atoms with Gasteiger partial charge in [0, 0.05) is 31.0 Å². The summed E-state index contributed by atoms with van der Waals surface area (Å²) in [5.74, 6) is -0.389. The number of anilines is 1. The molecule has 2 aromatic rings. The summed E-state index contributed by atoms with van der Waals surface area (Å²) in [6, 6.07) is 9.28. The lowest BCUT2D eigenvalue weighted by Crippen LogP contribution is -2.28. The fraction of sp³-hybridized carbons (Fsp3) is 0.409. The van der Waals surface area contributed by atoms with Gasteiger partial charge in [-0.2, -0.15) is 0 Å². The molecule has 144 valence electrons. The zero-order chi connectivity index (χ0) is 19.8. The Morgan fingerprint density at radius 3 is 2.33 bits per heavy atom. The fourth-order valence-corrected chi connectivity index (χ4v) is 2.97. The largest absolute Gasteiger partial charge is 0.340 e. The summed E-state index contributed by atoms with van der Waals surface area (Å²) in [6.45, 7) is 6.90. The molecule has 0 radical (unpaired) electrons. The number of nitrogens with zero attached hydrogens (tertiary/aromatic N) is 2. The Hall–Kier alpha value is -2.69. The van der Waals surface area contributed by atoms with Gasteiger partial charge in [0.2, 0.25) is 0 Å². The summed E-state index contributed by atoms with van der Waals surface area (Å²) in [5.41, 5.74) is 3.81. The van der Waals surface area contributed by atoms with Crippen molar-refractivity contribution >= 4 is 17.5 Å². The van der Waals surface area contributed by atoms with E-state index < -0.39 is 0 Å². The zero-order valence-corrected chi connectivity index (χ0v) is 16.7. The van der Waals surface area contributed by atoms with Crippen LogP contribution in [0.2, 0.25) is 0 Å². The van der Waals surface area contributed by atoms with Gasteiger partial charge >= 0.3 is 0 Å². The van der Waals surface area contributed by atoms with Crippen LogP contribution in [0, 0.1) is 0 Å². The first-order chi connectivity index (χ1) is 13.0. The van der Waals surface area contributed by atoms with Crippen molar-refractivity contribution < 1.29 is 9.59 Å². The number of benzene rings is 1. The number of pyridine rings is 1. The second-order valence-electron chi connectivity index (χ2n) is 6.62. The van der Waals surface area contributed by atoms with Gasteiger partial charge in [-0.1, -0.05) is 45.4 Å². The highest BCUT2D eigenvalue weighted by atomic mass is 16.2. The van der Waals surface area contributed by atoms with Crippen LogP contribution in [0.5, 0.6) is 0 Å². The summed E-state index contributed by atoms with van der Waals surface area (Å²) in [5, 5.41) is 3.04. The van der Waals surface area contributed by atoms with Crippen LogP contribution in [-0.4, -0.2) is 35.3 Å². The van der Waals surface area contributed by atoms with E-state index in [1.807, 2.05) is 18.2 Å². The van der Waals surface area contributed by atoms with E-state index in [4.69, 9.17) is 0 Å². The van der Waals surface area contributed by atoms with Crippen LogP contribution in [0.15, 0.2) is 36.5 Å². The predicted octanol–water partition coefficient (Wildman–Crippen LogP) is 4.33. The predicted molar refractivity (Wildman–Crippen MR) is 109 cm³/mol. The number of carbonyl (C=O) groups excluding carboxylic acids is 2. The van der Waals surface area contributed by atoms with E-state index in [9.17, 15) is 9.59 Å². The molecule has 0 spiro atoms. The second-order valence-corrected chi connectivity index (χ2v) is 6.62. The minimum atomic E-state index is -0.224. The van der Waals surface area contributed by atoms with Crippen LogP contribution >= 0.6 is 0 Å². The number of carbonyl (C=O) groups is 2. The highest BCUT2D eigenvalue weighted by molar-refractivity contribution is 6.06. The van der Waals surface area contributed by atoms with Crippen LogP contribution in [0.1, 0.15) is 65.6 Å². The molecule has 0 aliphatic heterocycles. The molecule has 1 aromatic carbocycles.